The molecule has 5 nitrogen and oxygen atoms in total. The zero-order valence-corrected chi connectivity index (χ0v) is 12.7. The molecule has 118 valence electrons. The molecule has 2 saturated heterocycles. The summed E-state index contributed by atoms with van der Waals surface area (Å²) in [5.74, 6) is -1.53. The van der Waals surface area contributed by atoms with E-state index in [9.17, 15) is 14.7 Å². The average molecular weight is 303 g/mol. The van der Waals surface area contributed by atoms with Gasteiger partial charge >= 0.3 is 11.9 Å². The third-order valence-electron chi connectivity index (χ3n) is 4.84. The zero-order valence-electron chi connectivity index (χ0n) is 12.7. The highest BCUT2D eigenvalue weighted by Crippen LogP contribution is 2.43. The Kier molecular flexibility index (Phi) is 3.91. The van der Waals surface area contributed by atoms with Crippen LogP contribution in [0.25, 0.3) is 0 Å². The smallest absolute Gasteiger partial charge is 0.348 e. The van der Waals surface area contributed by atoms with Crippen molar-refractivity contribution in [2.24, 2.45) is 0 Å². The summed E-state index contributed by atoms with van der Waals surface area (Å²) in [6.45, 7) is 2.11. The third kappa shape index (κ3) is 2.73. The van der Waals surface area contributed by atoms with Gasteiger partial charge in [0.05, 0.1) is 0 Å². The average Bonchev–Trinajstić information content (AvgIpc) is 2.71. The van der Waals surface area contributed by atoms with Gasteiger partial charge in [0.15, 0.2) is 0 Å². The molecule has 1 N–H and O–H groups in total. The number of hydrogen-bond acceptors (Lipinski definition) is 4. The van der Waals surface area contributed by atoms with Crippen molar-refractivity contribution in [2.75, 3.05) is 0 Å². The normalized spacial score (nSPS) is 31.0. The lowest BCUT2D eigenvalue weighted by Gasteiger charge is -2.43. The van der Waals surface area contributed by atoms with E-state index < -0.39 is 17.5 Å². The van der Waals surface area contributed by atoms with E-state index in [0.717, 1.165) is 19.4 Å². The molecule has 1 aromatic rings. The molecule has 2 bridgehead atoms. The van der Waals surface area contributed by atoms with Crippen LogP contribution in [0, 0.1) is 0 Å². The number of benzene rings is 1. The zero-order chi connectivity index (χ0) is 15.7. The minimum Gasteiger partial charge on any atom is -0.478 e. The van der Waals surface area contributed by atoms with Crippen molar-refractivity contribution in [1.82, 2.24) is 4.90 Å². The Bertz CT molecular complexity index is 557. The summed E-state index contributed by atoms with van der Waals surface area (Å²) in [5.41, 5.74) is -0.111. The maximum atomic E-state index is 11.7. The molecule has 2 atom stereocenters. The SMILES string of the molecule is CC(=O)OC1(C(=O)O)CC2CCC(C1)N2Cc1ccccc1. The molecule has 0 radical (unpaired) electrons. The van der Waals surface area contributed by atoms with Crippen LogP contribution >= 0.6 is 0 Å². The van der Waals surface area contributed by atoms with Crippen molar-refractivity contribution in [3.8, 4) is 0 Å². The predicted molar refractivity (Wildman–Crippen MR) is 80.2 cm³/mol. The molecule has 0 aliphatic carbocycles. The summed E-state index contributed by atoms with van der Waals surface area (Å²) >= 11 is 0. The van der Waals surface area contributed by atoms with Gasteiger partial charge in [-0.1, -0.05) is 30.3 Å². The summed E-state index contributed by atoms with van der Waals surface area (Å²) in [6.07, 6.45) is 2.69. The lowest BCUT2D eigenvalue weighted by atomic mass is 9.85. The maximum Gasteiger partial charge on any atom is 0.348 e. The van der Waals surface area contributed by atoms with Gasteiger partial charge in [0, 0.05) is 38.4 Å². The Morgan fingerprint density at radius 2 is 1.82 bits per heavy atom. The van der Waals surface area contributed by atoms with Crippen LogP contribution in [0.5, 0.6) is 0 Å². The number of nitrogens with zero attached hydrogens (tertiary/aromatic N) is 1. The summed E-state index contributed by atoms with van der Waals surface area (Å²) in [4.78, 5) is 25.4. The molecule has 22 heavy (non-hydrogen) atoms. The number of fused-ring (bicyclic) bond motifs is 2. The van der Waals surface area contributed by atoms with Crippen LogP contribution in [-0.4, -0.2) is 39.6 Å². The maximum absolute atomic E-state index is 11.7. The minimum atomic E-state index is -1.34. The highest BCUT2D eigenvalue weighted by molar-refractivity contribution is 5.81. The van der Waals surface area contributed by atoms with Gasteiger partial charge in [-0.2, -0.15) is 0 Å². The summed E-state index contributed by atoms with van der Waals surface area (Å²) in [7, 11) is 0. The van der Waals surface area contributed by atoms with Gasteiger partial charge < -0.3 is 9.84 Å². The first kappa shape index (κ1) is 15.0. The van der Waals surface area contributed by atoms with Gasteiger partial charge in [-0.15, -0.1) is 0 Å². The second kappa shape index (κ2) is 5.72. The van der Waals surface area contributed by atoms with Crippen molar-refractivity contribution in [3.05, 3.63) is 35.9 Å². The van der Waals surface area contributed by atoms with Gasteiger partial charge in [-0.05, 0) is 18.4 Å². The van der Waals surface area contributed by atoms with Gasteiger partial charge in [-0.25, -0.2) is 4.79 Å². The van der Waals surface area contributed by atoms with Gasteiger partial charge in [0.25, 0.3) is 0 Å². The lowest BCUT2D eigenvalue weighted by molar-refractivity contribution is -0.186. The first-order valence-electron chi connectivity index (χ1n) is 7.73. The number of hydrogen-bond donors (Lipinski definition) is 1. The molecule has 2 aliphatic rings. The van der Waals surface area contributed by atoms with Crippen LogP contribution in [0.2, 0.25) is 0 Å². The van der Waals surface area contributed by atoms with E-state index in [0.29, 0.717) is 12.8 Å². The van der Waals surface area contributed by atoms with Crippen LogP contribution in [0.1, 0.15) is 38.2 Å². The number of carbonyl (C=O) groups excluding carboxylic acids is 1. The molecule has 0 spiro atoms. The number of ether oxygens (including phenoxy) is 1. The fourth-order valence-corrected chi connectivity index (χ4v) is 3.93. The predicted octanol–water partition coefficient (Wildman–Crippen LogP) is 2.20. The highest BCUT2D eigenvalue weighted by atomic mass is 16.6. The fourth-order valence-electron chi connectivity index (χ4n) is 3.93. The minimum absolute atomic E-state index is 0.161. The van der Waals surface area contributed by atoms with E-state index in [-0.39, 0.29) is 12.1 Å². The molecule has 0 amide bonds. The van der Waals surface area contributed by atoms with Crippen molar-refractivity contribution >= 4 is 11.9 Å². The number of piperidine rings is 1. The molecule has 2 unspecified atom stereocenters. The largest absolute Gasteiger partial charge is 0.478 e. The van der Waals surface area contributed by atoms with Gasteiger partial charge in [-0.3, -0.25) is 9.69 Å². The molecule has 1 aromatic carbocycles. The Morgan fingerprint density at radius 3 is 2.32 bits per heavy atom. The highest BCUT2D eigenvalue weighted by Gasteiger charge is 2.54. The van der Waals surface area contributed by atoms with Crippen LogP contribution in [-0.2, 0) is 20.9 Å². The molecule has 5 heteroatoms. The van der Waals surface area contributed by atoms with Crippen molar-refractivity contribution < 1.29 is 19.4 Å². The number of carbonyl (C=O) groups is 2. The van der Waals surface area contributed by atoms with Crippen molar-refractivity contribution in [3.63, 3.8) is 0 Å². The molecule has 0 aromatic heterocycles. The van der Waals surface area contributed by atoms with E-state index >= 15 is 0 Å². The van der Waals surface area contributed by atoms with Gasteiger partial charge in [0.1, 0.15) is 0 Å². The number of carboxylic acid groups (broad SMARTS) is 1. The first-order chi connectivity index (χ1) is 10.5. The summed E-state index contributed by atoms with van der Waals surface area (Å²) in [6, 6.07) is 10.5. The van der Waals surface area contributed by atoms with E-state index in [2.05, 4.69) is 17.0 Å². The first-order valence-corrected chi connectivity index (χ1v) is 7.73. The van der Waals surface area contributed by atoms with Crippen LogP contribution in [0.4, 0.5) is 0 Å². The van der Waals surface area contributed by atoms with Crippen LogP contribution < -0.4 is 0 Å². The molecular weight excluding hydrogens is 282 g/mol. The Morgan fingerprint density at radius 1 is 1.23 bits per heavy atom. The summed E-state index contributed by atoms with van der Waals surface area (Å²) < 4.78 is 5.25. The van der Waals surface area contributed by atoms with E-state index in [1.54, 1.807) is 0 Å². The molecule has 2 fully saturated rings. The standard InChI is InChI=1S/C17H21NO4/c1-12(19)22-17(16(20)21)9-14-7-8-15(10-17)18(14)11-13-5-3-2-4-6-13/h2-6,14-15H,7-11H2,1H3,(H,20,21). The molecule has 3 rings (SSSR count). The molecule has 2 aliphatic heterocycles. The van der Waals surface area contributed by atoms with Gasteiger partial charge in [0.2, 0.25) is 5.60 Å². The second-order valence-corrected chi connectivity index (χ2v) is 6.34. The third-order valence-corrected chi connectivity index (χ3v) is 4.84. The second-order valence-electron chi connectivity index (χ2n) is 6.34. The number of carboxylic acids is 1. The Balaban J connectivity index is 1.78. The van der Waals surface area contributed by atoms with Crippen LogP contribution in [0.3, 0.4) is 0 Å². The fraction of sp³-hybridized carbons (Fsp3) is 0.529. The number of rotatable bonds is 4. The van der Waals surface area contributed by atoms with E-state index in [1.807, 2.05) is 18.2 Å². The number of aliphatic carboxylic acids is 1. The molecule has 2 heterocycles. The van der Waals surface area contributed by atoms with Crippen molar-refractivity contribution in [2.45, 2.75) is 56.8 Å². The monoisotopic (exact) mass is 303 g/mol. The Labute approximate surface area is 129 Å². The molecule has 0 saturated carbocycles. The van der Waals surface area contributed by atoms with E-state index in [1.165, 1.54) is 12.5 Å². The Hall–Kier alpha value is -1.88. The van der Waals surface area contributed by atoms with Crippen LogP contribution in [0.15, 0.2) is 30.3 Å². The lowest BCUT2D eigenvalue weighted by Crippen LogP contribution is -2.56. The topological polar surface area (TPSA) is 66.8 Å². The molecular formula is C17H21NO4. The summed E-state index contributed by atoms with van der Waals surface area (Å²) in [5, 5.41) is 9.58. The number of esters is 1. The quantitative estimate of drug-likeness (QED) is 0.864. The van der Waals surface area contributed by atoms with Crippen molar-refractivity contribution in [1.29, 1.82) is 0 Å². The van der Waals surface area contributed by atoms with E-state index in [4.69, 9.17) is 4.74 Å².